The molecule has 1 heterocycles. The van der Waals surface area contributed by atoms with E-state index in [9.17, 15) is 9.18 Å². The van der Waals surface area contributed by atoms with E-state index >= 15 is 0 Å². The molecule has 0 spiro atoms. The number of halogens is 1. The molecule has 0 atom stereocenters. The van der Waals surface area contributed by atoms with Crippen LogP contribution in [0.1, 0.15) is 45.7 Å². The van der Waals surface area contributed by atoms with E-state index in [0.717, 1.165) is 5.56 Å². The lowest BCUT2D eigenvalue weighted by molar-refractivity contribution is -0.118. The van der Waals surface area contributed by atoms with Gasteiger partial charge in [0.2, 0.25) is 5.91 Å². The van der Waals surface area contributed by atoms with Crippen LogP contribution in [-0.2, 0) is 20.6 Å². The van der Waals surface area contributed by atoms with E-state index in [-0.39, 0.29) is 24.8 Å². The average molecular weight is 348 g/mol. The second kappa shape index (κ2) is 7.27. The summed E-state index contributed by atoms with van der Waals surface area (Å²) in [7, 11) is -0.634. The third kappa shape index (κ3) is 4.48. The van der Waals surface area contributed by atoms with Gasteiger partial charge in [0.15, 0.2) is 0 Å². The number of carbonyl (C=O) groups is 1. The first-order chi connectivity index (χ1) is 11.6. The molecule has 1 aromatic rings. The van der Waals surface area contributed by atoms with E-state index in [1.807, 2.05) is 27.7 Å². The van der Waals surface area contributed by atoms with Crippen molar-refractivity contribution in [1.29, 1.82) is 0 Å². The third-order valence-corrected chi connectivity index (χ3v) is 4.77. The van der Waals surface area contributed by atoms with Crippen molar-refractivity contribution in [3.63, 3.8) is 0 Å². The van der Waals surface area contributed by atoms with Gasteiger partial charge in [-0.15, -0.1) is 0 Å². The van der Waals surface area contributed by atoms with Crippen LogP contribution >= 0.6 is 0 Å². The minimum atomic E-state index is -0.634. The van der Waals surface area contributed by atoms with Crippen LogP contribution in [0.15, 0.2) is 23.7 Å². The van der Waals surface area contributed by atoms with E-state index in [0.29, 0.717) is 11.0 Å². The van der Waals surface area contributed by atoms with Gasteiger partial charge in [-0.25, -0.2) is 4.39 Å². The highest BCUT2D eigenvalue weighted by Crippen LogP contribution is 2.38. The molecule has 5 nitrogen and oxygen atoms in total. The van der Waals surface area contributed by atoms with Crippen LogP contribution in [-0.4, -0.2) is 30.8 Å². The summed E-state index contributed by atoms with van der Waals surface area (Å²) < 4.78 is 25.8. The number of carbonyl (C=O) groups excluding carboxylic acids is 1. The Morgan fingerprint density at radius 2 is 1.88 bits per heavy atom. The molecule has 3 N–H and O–H groups in total. The fraction of sp³-hybridized carbons (Fsp3) is 0.500. The van der Waals surface area contributed by atoms with Crippen molar-refractivity contribution in [2.75, 3.05) is 6.54 Å². The quantitative estimate of drug-likeness (QED) is 0.802. The SMILES string of the molecule is CC(=O)NCC(=Cc1cc(F)ccc1CN)B1OC(C)(C)C(C)(C)O1. The maximum Gasteiger partial charge on any atom is 0.492 e. The van der Waals surface area contributed by atoms with Gasteiger partial charge in [0.05, 0.1) is 11.2 Å². The van der Waals surface area contributed by atoms with Gasteiger partial charge in [-0.1, -0.05) is 12.1 Å². The van der Waals surface area contributed by atoms with Crippen LogP contribution in [0.2, 0.25) is 0 Å². The highest BCUT2D eigenvalue weighted by Gasteiger charge is 2.52. The Bertz CT molecular complexity index is 673. The van der Waals surface area contributed by atoms with Gasteiger partial charge in [0.1, 0.15) is 5.82 Å². The zero-order valence-corrected chi connectivity index (χ0v) is 15.5. The molecule has 0 unspecified atom stereocenters. The molecule has 1 aliphatic heterocycles. The van der Waals surface area contributed by atoms with Crippen LogP contribution in [0, 0.1) is 5.82 Å². The molecule has 1 saturated heterocycles. The minimum Gasteiger partial charge on any atom is -0.400 e. The fourth-order valence-corrected chi connectivity index (χ4v) is 2.51. The number of hydrogen-bond acceptors (Lipinski definition) is 4. The van der Waals surface area contributed by atoms with Gasteiger partial charge in [0, 0.05) is 20.0 Å². The normalized spacial score (nSPS) is 19.2. The summed E-state index contributed by atoms with van der Waals surface area (Å²) in [6.07, 6.45) is 1.78. The van der Waals surface area contributed by atoms with E-state index < -0.39 is 18.3 Å². The standard InChI is InChI=1S/C18H26BFN2O3/c1-12(23)22-11-15(19-24-17(2,3)18(4,5)25-19)8-14-9-16(20)7-6-13(14)10-21/h6-9H,10-11,21H2,1-5H3,(H,22,23). The van der Waals surface area contributed by atoms with Crippen molar-refractivity contribution in [2.24, 2.45) is 5.73 Å². The van der Waals surface area contributed by atoms with Crippen molar-refractivity contribution < 1.29 is 18.5 Å². The Balaban J connectivity index is 2.40. The highest BCUT2D eigenvalue weighted by atomic mass is 19.1. The van der Waals surface area contributed by atoms with Crippen molar-refractivity contribution >= 4 is 19.1 Å². The zero-order chi connectivity index (χ0) is 18.8. The Kier molecular flexibility index (Phi) is 5.71. The Hall–Kier alpha value is -1.70. The molecule has 1 aliphatic rings. The molecule has 0 aromatic heterocycles. The molecule has 7 heteroatoms. The minimum absolute atomic E-state index is 0.166. The van der Waals surface area contributed by atoms with Crippen LogP contribution in [0.3, 0.4) is 0 Å². The number of rotatable bonds is 5. The van der Waals surface area contributed by atoms with Crippen LogP contribution in [0.4, 0.5) is 4.39 Å². The van der Waals surface area contributed by atoms with Crippen LogP contribution in [0.5, 0.6) is 0 Å². The van der Waals surface area contributed by atoms with Gasteiger partial charge in [0.25, 0.3) is 0 Å². The number of benzene rings is 1. The first-order valence-electron chi connectivity index (χ1n) is 8.35. The smallest absolute Gasteiger partial charge is 0.400 e. The van der Waals surface area contributed by atoms with E-state index in [2.05, 4.69) is 5.32 Å². The first-order valence-corrected chi connectivity index (χ1v) is 8.35. The summed E-state index contributed by atoms with van der Waals surface area (Å²) in [6, 6.07) is 4.45. The number of hydrogen-bond donors (Lipinski definition) is 2. The summed E-state index contributed by atoms with van der Waals surface area (Å²) in [5, 5.41) is 2.76. The van der Waals surface area contributed by atoms with Crippen molar-refractivity contribution in [3.05, 3.63) is 40.6 Å². The van der Waals surface area contributed by atoms with Crippen LogP contribution in [0.25, 0.3) is 6.08 Å². The molecular formula is C18H26BFN2O3. The average Bonchev–Trinajstić information content (AvgIpc) is 2.71. The van der Waals surface area contributed by atoms with Gasteiger partial charge in [-0.05, 0) is 56.4 Å². The number of nitrogens with one attached hydrogen (secondary N) is 1. The third-order valence-electron chi connectivity index (χ3n) is 4.77. The molecule has 0 saturated carbocycles. The molecule has 136 valence electrons. The second-order valence-corrected chi connectivity index (χ2v) is 7.26. The number of amides is 1. The highest BCUT2D eigenvalue weighted by molar-refractivity contribution is 6.56. The van der Waals surface area contributed by atoms with Gasteiger partial charge in [-0.2, -0.15) is 0 Å². The number of nitrogens with two attached hydrogens (primary N) is 1. The Labute approximate surface area is 148 Å². The maximum absolute atomic E-state index is 13.7. The van der Waals surface area contributed by atoms with Gasteiger partial charge in [-0.3, -0.25) is 4.79 Å². The molecule has 0 aliphatic carbocycles. The Morgan fingerprint density at radius 3 is 2.40 bits per heavy atom. The van der Waals surface area contributed by atoms with E-state index in [4.69, 9.17) is 15.0 Å². The fourth-order valence-electron chi connectivity index (χ4n) is 2.51. The Morgan fingerprint density at radius 1 is 1.28 bits per heavy atom. The molecule has 25 heavy (non-hydrogen) atoms. The summed E-state index contributed by atoms with van der Waals surface area (Å²) >= 11 is 0. The summed E-state index contributed by atoms with van der Waals surface area (Å²) in [5.74, 6) is -0.517. The molecule has 2 rings (SSSR count). The first kappa shape index (κ1) is 19.6. The molecule has 1 fully saturated rings. The lowest BCUT2D eigenvalue weighted by atomic mass is 9.76. The van der Waals surface area contributed by atoms with Gasteiger partial charge < -0.3 is 20.4 Å². The maximum atomic E-state index is 13.7. The van der Waals surface area contributed by atoms with Crippen LogP contribution < -0.4 is 11.1 Å². The van der Waals surface area contributed by atoms with Crippen molar-refractivity contribution in [2.45, 2.75) is 52.4 Å². The van der Waals surface area contributed by atoms with Crippen molar-refractivity contribution in [3.8, 4) is 0 Å². The molecule has 0 bridgehead atoms. The zero-order valence-electron chi connectivity index (χ0n) is 15.5. The predicted octanol–water partition coefficient (Wildman–Crippen LogP) is 2.44. The predicted molar refractivity (Wildman–Crippen MR) is 97.0 cm³/mol. The van der Waals surface area contributed by atoms with E-state index in [1.54, 1.807) is 12.1 Å². The summed E-state index contributed by atoms with van der Waals surface area (Å²) in [6.45, 7) is 9.78. The molecular weight excluding hydrogens is 322 g/mol. The largest absolute Gasteiger partial charge is 0.492 e. The molecule has 0 radical (unpaired) electrons. The topological polar surface area (TPSA) is 73.6 Å². The summed E-state index contributed by atoms with van der Waals surface area (Å²) in [5.41, 5.74) is 6.90. The summed E-state index contributed by atoms with van der Waals surface area (Å²) in [4.78, 5) is 11.3. The second-order valence-electron chi connectivity index (χ2n) is 7.26. The van der Waals surface area contributed by atoms with Gasteiger partial charge >= 0.3 is 7.12 Å². The molecule has 1 amide bonds. The monoisotopic (exact) mass is 348 g/mol. The lowest BCUT2D eigenvalue weighted by Crippen LogP contribution is -2.41. The lowest BCUT2D eigenvalue weighted by Gasteiger charge is -2.32. The van der Waals surface area contributed by atoms with Crippen molar-refractivity contribution in [1.82, 2.24) is 5.32 Å². The molecule has 1 aromatic carbocycles. The van der Waals surface area contributed by atoms with E-state index in [1.165, 1.54) is 19.1 Å².